The molecule has 1 N–H and O–H groups in total. The number of rotatable bonds is 4. The average Bonchev–Trinajstić information content (AvgIpc) is 3.31. The molecule has 1 aliphatic carbocycles. The van der Waals surface area contributed by atoms with E-state index >= 15 is 0 Å². The molecule has 0 aromatic heterocycles. The molecule has 2 atom stereocenters. The van der Waals surface area contributed by atoms with Gasteiger partial charge in [-0.15, -0.1) is 0 Å². The third-order valence-electron chi connectivity index (χ3n) is 4.04. The van der Waals surface area contributed by atoms with Crippen molar-refractivity contribution in [3.8, 4) is 0 Å². The Labute approximate surface area is 128 Å². The highest BCUT2D eigenvalue weighted by Crippen LogP contribution is 2.48. The monoisotopic (exact) mass is 296 g/mol. The van der Waals surface area contributed by atoms with E-state index in [1.54, 1.807) is 6.07 Å². The number of hydrogen-bond acceptors (Lipinski definition) is 3. The van der Waals surface area contributed by atoms with Crippen molar-refractivity contribution >= 4 is 17.3 Å². The Hall–Kier alpha value is -2.69. The Kier molecular flexibility index (Phi) is 3.63. The molecule has 2 aromatic carbocycles. The van der Waals surface area contributed by atoms with E-state index in [0.717, 1.165) is 12.0 Å². The SMILES string of the molecule is Cc1ccc([N+](=O)[O-])cc1NC(=O)C1CC1c1ccccc1. The Morgan fingerprint density at radius 2 is 1.95 bits per heavy atom. The summed E-state index contributed by atoms with van der Waals surface area (Å²) in [6.07, 6.45) is 0.823. The first-order valence-electron chi connectivity index (χ1n) is 7.17. The van der Waals surface area contributed by atoms with Crippen LogP contribution in [-0.4, -0.2) is 10.8 Å². The van der Waals surface area contributed by atoms with Crippen LogP contribution < -0.4 is 5.32 Å². The smallest absolute Gasteiger partial charge is 0.271 e. The molecular weight excluding hydrogens is 280 g/mol. The molecule has 2 unspecified atom stereocenters. The predicted octanol–water partition coefficient (Wildman–Crippen LogP) is 3.65. The molecule has 112 valence electrons. The van der Waals surface area contributed by atoms with Crippen LogP contribution in [0.3, 0.4) is 0 Å². The molecule has 5 heteroatoms. The molecule has 1 fully saturated rings. The highest BCUT2D eigenvalue weighted by molar-refractivity contribution is 5.96. The number of non-ortho nitro benzene ring substituents is 1. The van der Waals surface area contributed by atoms with Crippen LogP contribution in [0.4, 0.5) is 11.4 Å². The van der Waals surface area contributed by atoms with E-state index in [1.807, 2.05) is 37.3 Å². The molecule has 5 nitrogen and oxygen atoms in total. The number of hydrogen-bond donors (Lipinski definition) is 1. The number of aryl methyl sites for hydroxylation is 1. The summed E-state index contributed by atoms with van der Waals surface area (Å²) in [6.45, 7) is 1.82. The van der Waals surface area contributed by atoms with Gasteiger partial charge in [-0.2, -0.15) is 0 Å². The summed E-state index contributed by atoms with van der Waals surface area (Å²) < 4.78 is 0. The topological polar surface area (TPSA) is 72.2 Å². The zero-order valence-corrected chi connectivity index (χ0v) is 12.2. The maximum Gasteiger partial charge on any atom is 0.271 e. The number of nitrogens with one attached hydrogen (secondary N) is 1. The molecular formula is C17H16N2O3. The molecule has 0 spiro atoms. The first-order chi connectivity index (χ1) is 10.6. The van der Waals surface area contributed by atoms with E-state index in [0.29, 0.717) is 5.69 Å². The number of benzene rings is 2. The first kappa shape index (κ1) is 14.3. The lowest BCUT2D eigenvalue weighted by Gasteiger charge is -2.08. The Morgan fingerprint density at radius 3 is 2.64 bits per heavy atom. The van der Waals surface area contributed by atoms with E-state index in [-0.39, 0.29) is 23.4 Å². The second-order valence-corrected chi connectivity index (χ2v) is 5.60. The summed E-state index contributed by atoms with van der Waals surface area (Å²) in [6, 6.07) is 14.4. The largest absolute Gasteiger partial charge is 0.325 e. The molecule has 1 amide bonds. The molecule has 2 aromatic rings. The van der Waals surface area contributed by atoms with E-state index in [9.17, 15) is 14.9 Å². The molecule has 0 bridgehead atoms. The third kappa shape index (κ3) is 2.83. The predicted molar refractivity (Wildman–Crippen MR) is 83.8 cm³/mol. The number of anilines is 1. The number of amides is 1. The fraction of sp³-hybridized carbons (Fsp3) is 0.235. The van der Waals surface area contributed by atoms with Gasteiger partial charge in [0.25, 0.3) is 5.69 Å². The van der Waals surface area contributed by atoms with Gasteiger partial charge in [-0.05, 0) is 30.4 Å². The van der Waals surface area contributed by atoms with Gasteiger partial charge < -0.3 is 5.32 Å². The summed E-state index contributed by atoms with van der Waals surface area (Å²) >= 11 is 0. The van der Waals surface area contributed by atoms with Crippen molar-refractivity contribution in [2.75, 3.05) is 5.32 Å². The third-order valence-corrected chi connectivity index (χ3v) is 4.04. The van der Waals surface area contributed by atoms with Gasteiger partial charge in [-0.25, -0.2) is 0 Å². The minimum Gasteiger partial charge on any atom is -0.325 e. The minimum absolute atomic E-state index is 0.0173. The fourth-order valence-electron chi connectivity index (χ4n) is 2.64. The lowest BCUT2D eigenvalue weighted by molar-refractivity contribution is -0.384. The summed E-state index contributed by atoms with van der Waals surface area (Å²) in [4.78, 5) is 22.7. The van der Waals surface area contributed by atoms with Gasteiger partial charge in [0.15, 0.2) is 0 Å². The van der Waals surface area contributed by atoms with Crippen LogP contribution in [-0.2, 0) is 4.79 Å². The van der Waals surface area contributed by atoms with E-state index < -0.39 is 4.92 Å². The molecule has 0 aliphatic heterocycles. The van der Waals surface area contributed by atoms with Crippen molar-refractivity contribution in [1.82, 2.24) is 0 Å². The number of nitrogens with zero attached hydrogens (tertiary/aromatic N) is 1. The van der Waals surface area contributed by atoms with Crippen LogP contribution in [0.1, 0.15) is 23.5 Å². The molecule has 22 heavy (non-hydrogen) atoms. The molecule has 1 saturated carbocycles. The second kappa shape index (κ2) is 5.60. The van der Waals surface area contributed by atoms with Crippen molar-refractivity contribution in [3.05, 3.63) is 69.8 Å². The van der Waals surface area contributed by atoms with E-state index in [1.165, 1.54) is 17.7 Å². The standard InChI is InChI=1S/C17H16N2O3/c1-11-7-8-13(19(21)22)9-16(11)18-17(20)15-10-14(15)12-5-3-2-4-6-12/h2-9,14-15H,10H2,1H3,(H,18,20). The maximum absolute atomic E-state index is 12.3. The zero-order valence-electron chi connectivity index (χ0n) is 12.2. The lowest BCUT2D eigenvalue weighted by atomic mass is 10.1. The first-order valence-corrected chi connectivity index (χ1v) is 7.17. The molecule has 1 aliphatic rings. The Balaban J connectivity index is 1.71. The summed E-state index contributed by atoms with van der Waals surface area (Å²) in [5.41, 5.74) is 2.48. The van der Waals surface area contributed by atoms with Crippen LogP contribution in [0.5, 0.6) is 0 Å². The van der Waals surface area contributed by atoms with Crippen molar-refractivity contribution < 1.29 is 9.72 Å². The van der Waals surface area contributed by atoms with Crippen molar-refractivity contribution in [2.24, 2.45) is 5.92 Å². The van der Waals surface area contributed by atoms with Gasteiger partial charge in [-0.3, -0.25) is 14.9 Å². The zero-order chi connectivity index (χ0) is 15.7. The van der Waals surface area contributed by atoms with E-state index in [2.05, 4.69) is 5.32 Å². The second-order valence-electron chi connectivity index (χ2n) is 5.60. The number of carbonyl (C=O) groups is 1. The van der Waals surface area contributed by atoms with Crippen molar-refractivity contribution in [2.45, 2.75) is 19.3 Å². The van der Waals surface area contributed by atoms with Gasteiger partial charge in [0, 0.05) is 18.1 Å². The molecule has 0 saturated heterocycles. The summed E-state index contributed by atoms with van der Waals surface area (Å²) in [5.74, 6) is 0.124. The summed E-state index contributed by atoms with van der Waals surface area (Å²) in [5, 5.41) is 13.7. The molecule has 3 rings (SSSR count). The van der Waals surface area contributed by atoms with Crippen LogP contribution >= 0.6 is 0 Å². The number of nitro benzene ring substituents is 1. The van der Waals surface area contributed by atoms with E-state index in [4.69, 9.17) is 0 Å². The van der Waals surface area contributed by atoms with Crippen LogP contribution in [0.2, 0.25) is 0 Å². The average molecular weight is 296 g/mol. The van der Waals surface area contributed by atoms with Gasteiger partial charge in [-0.1, -0.05) is 36.4 Å². The van der Waals surface area contributed by atoms with Crippen LogP contribution in [0.15, 0.2) is 48.5 Å². The fourth-order valence-corrected chi connectivity index (χ4v) is 2.64. The van der Waals surface area contributed by atoms with Crippen LogP contribution in [0, 0.1) is 23.0 Å². The highest BCUT2D eigenvalue weighted by Gasteiger charge is 2.43. The van der Waals surface area contributed by atoms with Gasteiger partial charge >= 0.3 is 0 Å². The Morgan fingerprint density at radius 1 is 1.23 bits per heavy atom. The number of carbonyl (C=O) groups excluding carboxylic acids is 1. The van der Waals surface area contributed by atoms with Crippen molar-refractivity contribution in [3.63, 3.8) is 0 Å². The molecule has 0 heterocycles. The Bertz CT molecular complexity index is 728. The van der Waals surface area contributed by atoms with Crippen LogP contribution in [0.25, 0.3) is 0 Å². The highest BCUT2D eigenvalue weighted by atomic mass is 16.6. The lowest BCUT2D eigenvalue weighted by Crippen LogP contribution is -2.15. The van der Waals surface area contributed by atoms with Gasteiger partial charge in [0.2, 0.25) is 5.91 Å². The molecule has 0 radical (unpaired) electrons. The minimum atomic E-state index is -0.459. The normalized spacial score (nSPS) is 19.5. The van der Waals surface area contributed by atoms with Crippen molar-refractivity contribution in [1.29, 1.82) is 0 Å². The summed E-state index contributed by atoms with van der Waals surface area (Å²) in [7, 11) is 0. The van der Waals surface area contributed by atoms with Gasteiger partial charge in [0.1, 0.15) is 0 Å². The van der Waals surface area contributed by atoms with Gasteiger partial charge in [0.05, 0.1) is 10.6 Å². The quantitative estimate of drug-likeness (QED) is 0.691. The number of nitro groups is 1. The maximum atomic E-state index is 12.3.